The van der Waals surface area contributed by atoms with Crippen molar-refractivity contribution in [2.24, 2.45) is 0 Å². The Morgan fingerprint density at radius 1 is 1.54 bits per heavy atom. The smallest absolute Gasteiger partial charge is 0.127 e. The van der Waals surface area contributed by atoms with Crippen molar-refractivity contribution in [3.63, 3.8) is 0 Å². The largest absolute Gasteiger partial charge is 0.303 e. The van der Waals surface area contributed by atoms with E-state index in [1.54, 1.807) is 11.8 Å². The highest BCUT2D eigenvalue weighted by Crippen LogP contribution is 2.37. The van der Waals surface area contributed by atoms with Gasteiger partial charge >= 0.3 is 0 Å². The van der Waals surface area contributed by atoms with Gasteiger partial charge in [0.25, 0.3) is 0 Å². The lowest BCUT2D eigenvalue weighted by Gasteiger charge is -2.20. The van der Waals surface area contributed by atoms with Gasteiger partial charge in [0.1, 0.15) is 6.29 Å². The van der Waals surface area contributed by atoms with E-state index in [4.69, 9.17) is 11.6 Å². The molecule has 0 aromatic heterocycles. The van der Waals surface area contributed by atoms with E-state index >= 15 is 0 Å². The van der Waals surface area contributed by atoms with Crippen molar-refractivity contribution in [2.75, 3.05) is 5.75 Å². The molecule has 1 aliphatic rings. The molecule has 0 saturated heterocycles. The molecule has 68 valence electrons. The van der Waals surface area contributed by atoms with Crippen molar-refractivity contribution >= 4 is 29.6 Å². The van der Waals surface area contributed by atoms with Crippen molar-refractivity contribution < 1.29 is 4.79 Å². The lowest BCUT2D eigenvalue weighted by Crippen LogP contribution is -2.08. The van der Waals surface area contributed by atoms with Gasteiger partial charge in [0.2, 0.25) is 0 Å². The van der Waals surface area contributed by atoms with Crippen LogP contribution >= 0.6 is 23.4 Å². The maximum atomic E-state index is 10.8. The lowest BCUT2D eigenvalue weighted by molar-refractivity contribution is -0.109. The highest BCUT2D eigenvalue weighted by Gasteiger charge is 2.19. The van der Waals surface area contributed by atoms with Crippen molar-refractivity contribution in [3.8, 4) is 0 Å². The van der Waals surface area contributed by atoms with E-state index in [-0.39, 0.29) is 5.92 Å². The van der Waals surface area contributed by atoms with Crippen LogP contribution in [0.25, 0.3) is 0 Å². The van der Waals surface area contributed by atoms with Gasteiger partial charge in [0.05, 0.1) is 0 Å². The fourth-order valence-electron chi connectivity index (χ4n) is 1.53. The predicted molar refractivity (Wildman–Crippen MR) is 55.6 cm³/mol. The minimum absolute atomic E-state index is 0.0773. The SMILES string of the molecule is O=CC1CCSc2cc(Cl)ccc21. The summed E-state index contributed by atoms with van der Waals surface area (Å²) < 4.78 is 0. The highest BCUT2D eigenvalue weighted by molar-refractivity contribution is 7.99. The number of carbonyl (C=O) groups excluding carboxylic acids is 1. The molecule has 2 rings (SSSR count). The first-order chi connectivity index (χ1) is 6.31. The third-order valence-corrected chi connectivity index (χ3v) is 3.57. The number of hydrogen-bond donors (Lipinski definition) is 0. The quantitative estimate of drug-likeness (QED) is 0.666. The number of hydrogen-bond acceptors (Lipinski definition) is 2. The zero-order valence-electron chi connectivity index (χ0n) is 7.00. The molecular weight excluding hydrogens is 204 g/mol. The fourth-order valence-corrected chi connectivity index (χ4v) is 2.96. The first kappa shape index (κ1) is 9.10. The van der Waals surface area contributed by atoms with Gasteiger partial charge in [-0.1, -0.05) is 17.7 Å². The molecule has 1 atom stereocenters. The monoisotopic (exact) mass is 212 g/mol. The van der Waals surface area contributed by atoms with Gasteiger partial charge in [-0.25, -0.2) is 0 Å². The van der Waals surface area contributed by atoms with Crippen molar-refractivity contribution in [2.45, 2.75) is 17.2 Å². The van der Waals surface area contributed by atoms with Crippen LogP contribution in [0.4, 0.5) is 0 Å². The van der Waals surface area contributed by atoms with Gasteiger partial charge in [-0.15, -0.1) is 11.8 Å². The molecule has 1 aromatic carbocycles. The Morgan fingerprint density at radius 2 is 2.38 bits per heavy atom. The normalized spacial score (nSPS) is 20.8. The molecule has 1 aromatic rings. The first-order valence-corrected chi connectivity index (χ1v) is 5.55. The van der Waals surface area contributed by atoms with E-state index in [1.165, 1.54) is 0 Å². The van der Waals surface area contributed by atoms with Gasteiger partial charge in [-0.3, -0.25) is 0 Å². The number of fused-ring (bicyclic) bond motifs is 1. The third kappa shape index (κ3) is 1.74. The van der Waals surface area contributed by atoms with Gasteiger partial charge in [-0.2, -0.15) is 0 Å². The molecule has 3 heteroatoms. The van der Waals surface area contributed by atoms with Crippen LogP contribution in [0.2, 0.25) is 5.02 Å². The van der Waals surface area contributed by atoms with E-state index in [0.717, 1.165) is 33.9 Å². The molecule has 1 nitrogen and oxygen atoms in total. The Bertz CT molecular complexity index is 338. The molecule has 0 radical (unpaired) electrons. The number of halogens is 1. The number of carbonyl (C=O) groups is 1. The standard InChI is InChI=1S/C10H9ClOS/c11-8-1-2-9-7(6-12)3-4-13-10(9)5-8/h1-2,5-7H,3-4H2. The van der Waals surface area contributed by atoms with Crippen LogP contribution in [0, 0.1) is 0 Å². The molecule has 1 aliphatic heterocycles. The van der Waals surface area contributed by atoms with Crippen LogP contribution in [0.3, 0.4) is 0 Å². The first-order valence-electron chi connectivity index (χ1n) is 4.19. The van der Waals surface area contributed by atoms with Crippen molar-refractivity contribution in [1.29, 1.82) is 0 Å². The lowest BCUT2D eigenvalue weighted by atomic mass is 9.98. The van der Waals surface area contributed by atoms with E-state index in [2.05, 4.69) is 0 Å². The molecule has 0 N–H and O–H groups in total. The number of aldehydes is 1. The zero-order chi connectivity index (χ0) is 9.26. The van der Waals surface area contributed by atoms with Crippen LogP contribution in [0.15, 0.2) is 23.1 Å². The van der Waals surface area contributed by atoms with Gasteiger partial charge in [0.15, 0.2) is 0 Å². The van der Waals surface area contributed by atoms with Crippen LogP contribution < -0.4 is 0 Å². The van der Waals surface area contributed by atoms with Crippen LogP contribution in [-0.4, -0.2) is 12.0 Å². The maximum absolute atomic E-state index is 10.8. The average Bonchev–Trinajstić information content (AvgIpc) is 2.16. The van der Waals surface area contributed by atoms with Crippen LogP contribution in [-0.2, 0) is 4.79 Å². The molecule has 0 amide bonds. The summed E-state index contributed by atoms with van der Waals surface area (Å²) in [6.45, 7) is 0. The molecule has 0 spiro atoms. The van der Waals surface area contributed by atoms with E-state index in [9.17, 15) is 4.79 Å². The van der Waals surface area contributed by atoms with Crippen LogP contribution in [0.5, 0.6) is 0 Å². The molecule has 1 unspecified atom stereocenters. The molecular formula is C10H9ClOS. The Hall–Kier alpha value is -0.470. The van der Waals surface area contributed by atoms with Crippen molar-refractivity contribution in [1.82, 2.24) is 0 Å². The average molecular weight is 213 g/mol. The molecule has 0 aliphatic carbocycles. The second kappa shape index (κ2) is 3.72. The summed E-state index contributed by atoms with van der Waals surface area (Å²) in [5, 5.41) is 0.748. The summed E-state index contributed by atoms with van der Waals surface area (Å²) in [5.74, 6) is 1.09. The Kier molecular flexibility index (Phi) is 2.61. The molecule has 1 heterocycles. The third-order valence-electron chi connectivity index (χ3n) is 2.23. The zero-order valence-corrected chi connectivity index (χ0v) is 8.57. The van der Waals surface area contributed by atoms with Crippen molar-refractivity contribution in [3.05, 3.63) is 28.8 Å². The summed E-state index contributed by atoms with van der Waals surface area (Å²) in [7, 11) is 0. The van der Waals surface area contributed by atoms with Crippen LogP contribution in [0.1, 0.15) is 17.9 Å². The fraction of sp³-hybridized carbons (Fsp3) is 0.300. The second-order valence-electron chi connectivity index (χ2n) is 3.06. The minimum Gasteiger partial charge on any atom is -0.303 e. The topological polar surface area (TPSA) is 17.1 Å². The Morgan fingerprint density at radius 3 is 3.15 bits per heavy atom. The maximum Gasteiger partial charge on any atom is 0.127 e. The van der Waals surface area contributed by atoms with E-state index in [0.29, 0.717) is 0 Å². The molecule has 0 fully saturated rings. The van der Waals surface area contributed by atoms with Gasteiger partial charge < -0.3 is 4.79 Å². The molecule has 13 heavy (non-hydrogen) atoms. The number of rotatable bonds is 1. The molecule has 0 saturated carbocycles. The number of benzene rings is 1. The minimum atomic E-state index is 0.0773. The summed E-state index contributed by atoms with van der Waals surface area (Å²) in [5.41, 5.74) is 1.13. The summed E-state index contributed by atoms with van der Waals surface area (Å²) >= 11 is 7.64. The van der Waals surface area contributed by atoms with E-state index < -0.39 is 0 Å². The summed E-state index contributed by atoms with van der Waals surface area (Å²) in [6, 6.07) is 5.75. The Balaban J connectivity index is 2.45. The summed E-state index contributed by atoms with van der Waals surface area (Å²) in [4.78, 5) is 11.9. The van der Waals surface area contributed by atoms with Gasteiger partial charge in [-0.05, 0) is 29.9 Å². The highest BCUT2D eigenvalue weighted by atomic mass is 35.5. The van der Waals surface area contributed by atoms with Gasteiger partial charge in [0, 0.05) is 15.8 Å². The molecule has 0 bridgehead atoms. The van der Waals surface area contributed by atoms with E-state index in [1.807, 2.05) is 18.2 Å². The Labute approximate surface area is 86.5 Å². The summed E-state index contributed by atoms with van der Waals surface area (Å²) in [6.07, 6.45) is 1.98. The number of thioether (sulfide) groups is 1. The second-order valence-corrected chi connectivity index (χ2v) is 4.64. The predicted octanol–water partition coefficient (Wildman–Crippen LogP) is 3.12.